The van der Waals surface area contributed by atoms with E-state index in [2.05, 4.69) is 40.8 Å². The van der Waals surface area contributed by atoms with E-state index < -0.39 is 0 Å². The maximum absolute atomic E-state index is 5.94. The summed E-state index contributed by atoms with van der Waals surface area (Å²) >= 11 is 5.94. The number of halogens is 1. The van der Waals surface area contributed by atoms with Crippen molar-refractivity contribution in [3.63, 3.8) is 0 Å². The van der Waals surface area contributed by atoms with Crippen LogP contribution in [-0.4, -0.2) is 40.5 Å². The van der Waals surface area contributed by atoms with Gasteiger partial charge in [-0.05, 0) is 38.6 Å². The van der Waals surface area contributed by atoms with Crippen molar-refractivity contribution in [1.29, 1.82) is 0 Å². The van der Waals surface area contributed by atoms with Gasteiger partial charge in [0.15, 0.2) is 0 Å². The van der Waals surface area contributed by atoms with E-state index in [9.17, 15) is 0 Å². The number of imidazole rings is 1. The number of benzene rings is 1. The van der Waals surface area contributed by atoms with Crippen molar-refractivity contribution in [2.75, 3.05) is 26.0 Å². The number of hydrogen-bond donors (Lipinski definition) is 0. The molecule has 0 bridgehead atoms. The first-order valence-corrected chi connectivity index (χ1v) is 7.53. The molecule has 102 valence electrons. The van der Waals surface area contributed by atoms with Crippen molar-refractivity contribution >= 4 is 22.6 Å². The van der Waals surface area contributed by atoms with Crippen LogP contribution in [0.3, 0.4) is 0 Å². The lowest BCUT2D eigenvalue weighted by Crippen LogP contribution is -2.34. The molecular weight excluding hydrogens is 258 g/mol. The first kappa shape index (κ1) is 12.9. The molecule has 19 heavy (non-hydrogen) atoms. The minimum atomic E-state index is 0.532. The fraction of sp³-hybridized carbons (Fsp3) is 0.533. The van der Waals surface area contributed by atoms with Gasteiger partial charge >= 0.3 is 0 Å². The first-order chi connectivity index (χ1) is 9.29. The molecule has 3 nitrogen and oxygen atoms in total. The van der Waals surface area contributed by atoms with Crippen molar-refractivity contribution in [1.82, 2.24) is 14.5 Å². The number of piperidine rings is 1. The molecule has 3 rings (SSSR count). The second-order valence-electron chi connectivity index (χ2n) is 5.38. The summed E-state index contributed by atoms with van der Waals surface area (Å²) in [5.74, 6) is 1.77. The maximum Gasteiger partial charge on any atom is 0.111 e. The predicted molar refractivity (Wildman–Crippen MR) is 79.9 cm³/mol. The van der Waals surface area contributed by atoms with Gasteiger partial charge in [0.2, 0.25) is 0 Å². The van der Waals surface area contributed by atoms with Crippen LogP contribution in [-0.2, 0) is 6.42 Å². The molecule has 1 unspecified atom stereocenters. The molecule has 0 saturated carbocycles. The van der Waals surface area contributed by atoms with Gasteiger partial charge in [-0.15, -0.1) is 11.6 Å². The van der Waals surface area contributed by atoms with E-state index in [1.165, 1.54) is 24.9 Å². The van der Waals surface area contributed by atoms with E-state index in [4.69, 9.17) is 16.6 Å². The highest BCUT2D eigenvalue weighted by Gasteiger charge is 2.23. The molecule has 0 aliphatic carbocycles. The second kappa shape index (κ2) is 5.51. The Morgan fingerprint density at radius 2 is 2.21 bits per heavy atom. The minimum absolute atomic E-state index is 0.532. The van der Waals surface area contributed by atoms with Crippen molar-refractivity contribution < 1.29 is 0 Å². The van der Waals surface area contributed by atoms with Gasteiger partial charge < -0.3 is 9.47 Å². The van der Waals surface area contributed by atoms with E-state index in [1.807, 2.05) is 0 Å². The number of rotatable bonds is 3. The quantitative estimate of drug-likeness (QED) is 0.804. The standard InChI is InChI=1S/C15H20ClN3/c1-18-10-4-5-12(11-18)19-14-7-3-2-6-13(14)17-15(19)8-9-16/h2-3,6-7,12H,4-5,8-11H2,1H3. The van der Waals surface area contributed by atoms with Crippen LogP contribution >= 0.6 is 11.6 Å². The molecule has 1 aromatic heterocycles. The summed E-state index contributed by atoms with van der Waals surface area (Å²) < 4.78 is 2.42. The molecule has 0 amide bonds. The number of likely N-dealkylation sites (N-methyl/N-ethyl adjacent to an activating group) is 1. The molecule has 1 atom stereocenters. The van der Waals surface area contributed by atoms with Gasteiger partial charge in [-0.25, -0.2) is 4.98 Å². The number of aryl methyl sites for hydroxylation is 1. The molecule has 1 aromatic carbocycles. The Morgan fingerprint density at radius 1 is 1.37 bits per heavy atom. The zero-order valence-electron chi connectivity index (χ0n) is 11.3. The number of hydrogen-bond acceptors (Lipinski definition) is 2. The molecule has 0 spiro atoms. The van der Waals surface area contributed by atoms with Crippen LogP contribution in [0, 0.1) is 0 Å². The topological polar surface area (TPSA) is 21.1 Å². The lowest BCUT2D eigenvalue weighted by molar-refractivity contribution is 0.212. The minimum Gasteiger partial charge on any atom is -0.324 e. The Hall–Kier alpha value is -1.06. The predicted octanol–water partition coefficient (Wildman–Crippen LogP) is 3.08. The van der Waals surface area contributed by atoms with Gasteiger partial charge in [0.05, 0.1) is 11.0 Å². The summed E-state index contributed by atoms with van der Waals surface area (Å²) in [6.07, 6.45) is 3.34. The summed E-state index contributed by atoms with van der Waals surface area (Å²) in [7, 11) is 2.20. The van der Waals surface area contributed by atoms with Crippen molar-refractivity contribution in [2.24, 2.45) is 0 Å². The molecule has 4 heteroatoms. The SMILES string of the molecule is CN1CCCC(n2c(CCCl)nc3ccccc32)C1. The second-order valence-corrected chi connectivity index (χ2v) is 5.76. The third-order valence-electron chi connectivity index (χ3n) is 3.95. The Bertz CT molecular complexity index is 564. The Labute approximate surface area is 119 Å². The van der Waals surface area contributed by atoms with Crippen LogP contribution < -0.4 is 0 Å². The van der Waals surface area contributed by atoms with E-state index in [0.29, 0.717) is 11.9 Å². The van der Waals surface area contributed by atoms with Gasteiger partial charge in [0, 0.05) is 24.9 Å². The van der Waals surface area contributed by atoms with Gasteiger partial charge in [0.25, 0.3) is 0 Å². The number of alkyl halides is 1. The molecule has 1 aliphatic heterocycles. The molecular formula is C15H20ClN3. The van der Waals surface area contributed by atoms with Crippen LogP contribution in [0.2, 0.25) is 0 Å². The Kier molecular flexibility index (Phi) is 3.76. The van der Waals surface area contributed by atoms with E-state index in [1.54, 1.807) is 0 Å². The van der Waals surface area contributed by atoms with Crippen LogP contribution in [0.5, 0.6) is 0 Å². The van der Waals surface area contributed by atoms with Crippen LogP contribution in [0.25, 0.3) is 11.0 Å². The van der Waals surface area contributed by atoms with E-state index in [0.717, 1.165) is 24.3 Å². The highest BCUT2D eigenvalue weighted by molar-refractivity contribution is 6.17. The summed E-state index contributed by atoms with van der Waals surface area (Å²) in [6, 6.07) is 8.95. The fourth-order valence-electron chi connectivity index (χ4n) is 3.11. The normalized spacial score (nSPS) is 21.1. The molecule has 2 heterocycles. The summed E-state index contributed by atoms with van der Waals surface area (Å²) in [5, 5.41) is 0. The van der Waals surface area contributed by atoms with Crippen LogP contribution in [0.1, 0.15) is 24.7 Å². The van der Waals surface area contributed by atoms with Crippen LogP contribution in [0.4, 0.5) is 0 Å². The maximum atomic E-state index is 5.94. The average Bonchev–Trinajstić information content (AvgIpc) is 2.77. The average molecular weight is 278 g/mol. The number of fused-ring (bicyclic) bond motifs is 1. The molecule has 1 aliphatic rings. The highest BCUT2D eigenvalue weighted by atomic mass is 35.5. The number of para-hydroxylation sites is 2. The van der Waals surface area contributed by atoms with Crippen LogP contribution in [0.15, 0.2) is 24.3 Å². The summed E-state index contributed by atoms with van der Waals surface area (Å²) in [4.78, 5) is 7.17. The lowest BCUT2D eigenvalue weighted by Gasteiger charge is -2.32. The summed E-state index contributed by atoms with van der Waals surface area (Å²) in [6.45, 7) is 2.31. The zero-order chi connectivity index (χ0) is 13.2. The number of likely N-dealkylation sites (tertiary alicyclic amines) is 1. The zero-order valence-corrected chi connectivity index (χ0v) is 12.1. The third-order valence-corrected chi connectivity index (χ3v) is 4.14. The lowest BCUT2D eigenvalue weighted by atomic mass is 10.1. The highest BCUT2D eigenvalue weighted by Crippen LogP contribution is 2.27. The number of nitrogens with zero attached hydrogens (tertiary/aromatic N) is 3. The van der Waals surface area contributed by atoms with Crippen molar-refractivity contribution in [3.05, 3.63) is 30.1 Å². The molecule has 0 N–H and O–H groups in total. The van der Waals surface area contributed by atoms with Gasteiger partial charge in [-0.2, -0.15) is 0 Å². The Morgan fingerprint density at radius 3 is 3.00 bits per heavy atom. The monoisotopic (exact) mass is 277 g/mol. The molecule has 1 saturated heterocycles. The van der Waals surface area contributed by atoms with Crippen molar-refractivity contribution in [3.8, 4) is 0 Å². The van der Waals surface area contributed by atoms with Gasteiger partial charge in [-0.1, -0.05) is 12.1 Å². The smallest absolute Gasteiger partial charge is 0.111 e. The van der Waals surface area contributed by atoms with Gasteiger partial charge in [-0.3, -0.25) is 0 Å². The number of aromatic nitrogens is 2. The third kappa shape index (κ3) is 2.49. The van der Waals surface area contributed by atoms with E-state index >= 15 is 0 Å². The van der Waals surface area contributed by atoms with E-state index in [-0.39, 0.29) is 0 Å². The molecule has 1 fully saturated rings. The fourth-order valence-corrected chi connectivity index (χ4v) is 3.28. The largest absolute Gasteiger partial charge is 0.324 e. The first-order valence-electron chi connectivity index (χ1n) is 7.00. The van der Waals surface area contributed by atoms with Gasteiger partial charge in [0.1, 0.15) is 5.82 Å². The van der Waals surface area contributed by atoms with Crippen molar-refractivity contribution in [2.45, 2.75) is 25.3 Å². The molecule has 0 radical (unpaired) electrons. The molecule has 2 aromatic rings. The Balaban J connectivity index is 2.06. The summed E-state index contributed by atoms with van der Waals surface area (Å²) in [5.41, 5.74) is 2.35.